The molecule has 31 heavy (non-hydrogen) atoms. The van der Waals surface area contributed by atoms with Gasteiger partial charge in [-0.1, -0.05) is 18.2 Å². The van der Waals surface area contributed by atoms with Gasteiger partial charge in [0, 0.05) is 26.2 Å². The molecule has 0 bridgehead atoms. The number of aliphatic imine (C=N–C) groups is 1. The Bertz CT molecular complexity index is 861. The first-order valence-electron chi connectivity index (χ1n) is 9.88. The quantitative estimate of drug-likeness (QED) is 0.159. The van der Waals surface area contributed by atoms with Gasteiger partial charge in [0.1, 0.15) is 5.75 Å². The number of para-hydroxylation sites is 1. The Hall–Kier alpha value is -2.69. The van der Waals surface area contributed by atoms with Crippen LogP contribution < -0.4 is 25.4 Å². The molecule has 2 rings (SSSR count). The molecule has 0 fully saturated rings. The molecule has 0 radical (unpaired) electrons. The van der Waals surface area contributed by atoms with Crippen molar-refractivity contribution in [3.63, 3.8) is 0 Å². The zero-order chi connectivity index (χ0) is 21.8. The average molecular weight is 542 g/mol. The first kappa shape index (κ1) is 26.3. The van der Waals surface area contributed by atoms with Crippen LogP contribution in [0.1, 0.15) is 22.8 Å². The van der Waals surface area contributed by atoms with E-state index in [1.807, 2.05) is 25.1 Å². The Morgan fingerprint density at radius 2 is 1.71 bits per heavy atom. The van der Waals surface area contributed by atoms with Crippen molar-refractivity contribution in [1.29, 1.82) is 0 Å². The minimum Gasteiger partial charge on any atom is -0.507 e. The first-order valence-corrected chi connectivity index (χ1v) is 9.88. The van der Waals surface area contributed by atoms with Crippen molar-refractivity contribution in [2.75, 3.05) is 40.4 Å². The van der Waals surface area contributed by atoms with Gasteiger partial charge in [0.05, 0.1) is 19.8 Å². The number of ether oxygens (including phenoxy) is 2. The van der Waals surface area contributed by atoms with E-state index < -0.39 is 0 Å². The monoisotopic (exact) mass is 542 g/mol. The van der Waals surface area contributed by atoms with E-state index in [2.05, 4.69) is 20.9 Å². The van der Waals surface area contributed by atoms with Gasteiger partial charge in [0.15, 0.2) is 17.5 Å². The molecule has 1 amide bonds. The van der Waals surface area contributed by atoms with Gasteiger partial charge < -0.3 is 30.5 Å². The second-order valence-corrected chi connectivity index (χ2v) is 6.40. The average Bonchev–Trinajstić information content (AvgIpc) is 2.76. The van der Waals surface area contributed by atoms with Crippen LogP contribution in [0.2, 0.25) is 0 Å². The normalized spacial score (nSPS) is 10.6. The van der Waals surface area contributed by atoms with Crippen LogP contribution >= 0.6 is 24.0 Å². The fourth-order valence-corrected chi connectivity index (χ4v) is 2.79. The fraction of sp³-hybridized carbons (Fsp3) is 0.364. The molecule has 0 saturated carbocycles. The highest BCUT2D eigenvalue weighted by molar-refractivity contribution is 14.0. The summed E-state index contributed by atoms with van der Waals surface area (Å²) in [4.78, 5) is 16.7. The summed E-state index contributed by atoms with van der Waals surface area (Å²) < 4.78 is 10.6. The van der Waals surface area contributed by atoms with Crippen molar-refractivity contribution in [2.24, 2.45) is 4.99 Å². The molecule has 4 N–H and O–H groups in total. The highest BCUT2D eigenvalue weighted by Crippen LogP contribution is 2.27. The lowest BCUT2D eigenvalue weighted by molar-refractivity contribution is 0.0951. The molecule has 0 aliphatic carbocycles. The van der Waals surface area contributed by atoms with Gasteiger partial charge in [-0.2, -0.15) is 0 Å². The van der Waals surface area contributed by atoms with E-state index in [1.165, 1.54) is 6.07 Å². The van der Waals surface area contributed by atoms with Crippen molar-refractivity contribution >= 4 is 35.8 Å². The van der Waals surface area contributed by atoms with Gasteiger partial charge >= 0.3 is 0 Å². The predicted octanol–water partition coefficient (Wildman–Crippen LogP) is 2.56. The number of nitrogens with one attached hydrogen (secondary N) is 3. The topological polar surface area (TPSA) is 104 Å². The molecule has 0 aliphatic rings. The standard InChI is InChI=1S/C22H30N4O4.HI/c1-4-23-22(25-12-11-16-9-10-19(29-2)20(15-16)30-3)26-14-13-24-21(28)17-7-5-6-8-18(17)27;/h5-10,15,27H,4,11-14H2,1-3H3,(H,24,28)(H2,23,25,26);1H. The number of nitrogens with zero attached hydrogens (tertiary/aromatic N) is 1. The van der Waals surface area contributed by atoms with Crippen LogP contribution in [-0.4, -0.2) is 57.4 Å². The molecule has 2 aromatic carbocycles. The minimum absolute atomic E-state index is 0. The number of carbonyl (C=O) groups excluding carboxylic acids is 1. The summed E-state index contributed by atoms with van der Waals surface area (Å²) >= 11 is 0. The Morgan fingerprint density at radius 1 is 1.00 bits per heavy atom. The molecule has 0 aromatic heterocycles. The van der Waals surface area contributed by atoms with Crippen molar-refractivity contribution in [3.8, 4) is 17.2 Å². The number of guanidine groups is 1. The lowest BCUT2D eigenvalue weighted by atomic mass is 10.1. The minimum atomic E-state index is -0.315. The van der Waals surface area contributed by atoms with Gasteiger partial charge in [-0.15, -0.1) is 24.0 Å². The largest absolute Gasteiger partial charge is 0.507 e. The highest BCUT2D eigenvalue weighted by Gasteiger charge is 2.09. The number of rotatable bonds is 10. The molecule has 0 saturated heterocycles. The van der Waals surface area contributed by atoms with E-state index in [-0.39, 0.29) is 41.2 Å². The predicted molar refractivity (Wildman–Crippen MR) is 133 cm³/mol. The number of carbonyl (C=O) groups is 1. The van der Waals surface area contributed by atoms with E-state index in [0.29, 0.717) is 37.1 Å². The zero-order valence-corrected chi connectivity index (χ0v) is 20.4. The van der Waals surface area contributed by atoms with Gasteiger partial charge in [-0.05, 0) is 43.2 Å². The SMILES string of the molecule is CCNC(=NCCc1ccc(OC)c(OC)c1)NCCNC(=O)c1ccccc1O.I. The number of aromatic hydroxyl groups is 1. The summed E-state index contributed by atoms with van der Waals surface area (Å²) in [6, 6.07) is 12.3. The fourth-order valence-electron chi connectivity index (χ4n) is 2.79. The lowest BCUT2D eigenvalue weighted by Gasteiger charge is -2.12. The maximum atomic E-state index is 12.1. The Morgan fingerprint density at radius 3 is 2.39 bits per heavy atom. The molecule has 9 heteroatoms. The van der Waals surface area contributed by atoms with Crippen LogP contribution in [0.25, 0.3) is 0 Å². The molecule has 8 nitrogen and oxygen atoms in total. The Kier molecular flexibility index (Phi) is 12.2. The zero-order valence-electron chi connectivity index (χ0n) is 18.1. The first-order chi connectivity index (χ1) is 14.6. The summed E-state index contributed by atoms with van der Waals surface area (Å²) in [5.74, 6) is 1.72. The number of hydrogen-bond donors (Lipinski definition) is 4. The van der Waals surface area contributed by atoms with Crippen molar-refractivity contribution in [2.45, 2.75) is 13.3 Å². The van der Waals surface area contributed by atoms with E-state index in [0.717, 1.165) is 18.5 Å². The number of benzene rings is 2. The molecular weight excluding hydrogens is 511 g/mol. The number of phenolic OH excluding ortho intramolecular Hbond substituents is 1. The highest BCUT2D eigenvalue weighted by atomic mass is 127. The number of amides is 1. The van der Waals surface area contributed by atoms with Crippen LogP contribution in [-0.2, 0) is 6.42 Å². The van der Waals surface area contributed by atoms with Crippen LogP contribution in [0.5, 0.6) is 17.2 Å². The molecule has 0 spiro atoms. The van der Waals surface area contributed by atoms with E-state index in [9.17, 15) is 9.90 Å². The Labute approximate surface area is 200 Å². The third-order valence-corrected chi connectivity index (χ3v) is 4.31. The van der Waals surface area contributed by atoms with Crippen LogP contribution in [0.4, 0.5) is 0 Å². The summed E-state index contributed by atoms with van der Waals surface area (Å²) in [5, 5.41) is 18.9. The van der Waals surface area contributed by atoms with E-state index in [1.54, 1.807) is 32.4 Å². The summed E-state index contributed by atoms with van der Waals surface area (Å²) in [6.07, 6.45) is 0.751. The number of halogens is 1. The van der Waals surface area contributed by atoms with Gasteiger partial charge in [-0.3, -0.25) is 9.79 Å². The molecule has 0 atom stereocenters. The summed E-state index contributed by atoms with van der Waals surface area (Å²) in [7, 11) is 3.23. The van der Waals surface area contributed by atoms with Crippen LogP contribution in [0.3, 0.4) is 0 Å². The number of hydrogen-bond acceptors (Lipinski definition) is 5. The van der Waals surface area contributed by atoms with Gasteiger partial charge in [-0.25, -0.2) is 0 Å². The van der Waals surface area contributed by atoms with Crippen molar-refractivity contribution in [3.05, 3.63) is 53.6 Å². The number of methoxy groups -OCH3 is 2. The summed E-state index contributed by atoms with van der Waals surface area (Å²) in [5.41, 5.74) is 1.36. The van der Waals surface area contributed by atoms with Crippen molar-refractivity contribution < 1.29 is 19.4 Å². The van der Waals surface area contributed by atoms with E-state index in [4.69, 9.17) is 9.47 Å². The van der Waals surface area contributed by atoms with Gasteiger partial charge in [0.25, 0.3) is 5.91 Å². The lowest BCUT2D eigenvalue weighted by Crippen LogP contribution is -2.41. The van der Waals surface area contributed by atoms with Crippen LogP contribution in [0.15, 0.2) is 47.5 Å². The van der Waals surface area contributed by atoms with E-state index >= 15 is 0 Å². The molecular formula is C22H31IN4O4. The van der Waals surface area contributed by atoms with Gasteiger partial charge in [0.2, 0.25) is 0 Å². The number of phenols is 1. The second kappa shape index (κ2) is 14.3. The maximum absolute atomic E-state index is 12.1. The molecule has 0 heterocycles. The Balaban J connectivity index is 0.00000480. The third kappa shape index (κ3) is 8.52. The third-order valence-electron chi connectivity index (χ3n) is 4.31. The second-order valence-electron chi connectivity index (χ2n) is 6.40. The molecule has 170 valence electrons. The maximum Gasteiger partial charge on any atom is 0.255 e. The summed E-state index contributed by atoms with van der Waals surface area (Å²) in [6.45, 7) is 4.21. The molecule has 0 unspecified atom stereocenters. The van der Waals surface area contributed by atoms with Crippen LogP contribution in [0, 0.1) is 0 Å². The smallest absolute Gasteiger partial charge is 0.255 e. The molecule has 0 aliphatic heterocycles. The van der Waals surface area contributed by atoms with Crippen molar-refractivity contribution in [1.82, 2.24) is 16.0 Å². The molecule has 2 aromatic rings.